The molecule has 0 aliphatic heterocycles. The summed E-state index contributed by atoms with van der Waals surface area (Å²) in [7, 11) is 1.98. The first kappa shape index (κ1) is 37.4. The second-order valence-electron chi connectivity index (χ2n) is 14.7. The Hall–Kier alpha value is -3.86. The van der Waals surface area contributed by atoms with Crippen molar-refractivity contribution in [3.05, 3.63) is 59.0 Å². The summed E-state index contributed by atoms with van der Waals surface area (Å²) in [6, 6.07) is 10.4. The summed E-state index contributed by atoms with van der Waals surface area (Å²) in [6.07, 6.45) is 14.5. The number of halogens is 1. The van der Waals surface area contributed by atoms with Crippen LogP contribution in [0.5, 0.6) is 0 Å². The SMILES string of the molecule is Cn1ncc(-c2nc(NC3CCC(N(Cc4ccccc4)C(=O)OCCCCCCCNC(=O)OC(C)(C)C)CC3)ncc2Cl)c1CC1CC1. The van der Waals surface area contributed by atoms with E-state index in [9.17, 15) is 9.59 Å². The van der Waals surface area contributed by atoms with E-state index in [-0.39, 0.29) is 24.3 Å². The first-order chi connectivity index (χ1) is 24.1. The molecule has 5 rings (SSSR count). The van der Waals surface area contributed by atoms with Crippen LogP contribution >= 0.6 is 11.6 Å². The Morgan fingerprint density at radius 1 is 0.980 bits per heavy atom. The number of hydrogen-bond acceptors (Lipinski definition) is 8. The molecular formula is C38H54ClN7O4. The number of ether oxygens (including phenoxy) is 2. The Morgan fingerprint density at radius 2 is 1.70 bits per heavy atom. The van der Waals surface area contributed by atoms with Crippen LogP contribution in [0.3, 0.4) is 0 Å². The van der Waals surface area contributed by atoms with Crippen molar-refractivity contribution in [2.45, 2.75) is 122 Å². The van der Waals surface area contributed by atoms with Crippen molar-refractivity contribution in [1.29, 1.82) is 0 Å². The standard InChI is InChI=1S/C38H54ClN7O4/c1-38(2,3)50-36(47)40-21-11-6-5-7-12-22-49-37(48)46(26-28-13-9-8-10-14-28)30-19-17-29(18-20-30)43-35-41-25-32(39)34(44-35)31-24-42-45(4)33(31)23-27-15-16-27/h8-10,13-14,24-25,27,29-30H,5-7,11-12,15-23,26H2,1-4H3,(H,40,47)(H,41,43,44). The van der Waals surface area contributed by atoms with Crippen molar-refractivity contribution in [1.82, 2.24) is 30.0 Å². The molecule has 0 unspecified atom stereocenters. The minimum Gasteiger partial charge on any atom is -0.449 e. The number of carbonyl (C=O) groups excluding carboxylic acids is 2. The van der Waals surface area contributed by atoms with Crippen molar-refractivity contribution in [3.8, 4) is 11.3 Å². The van der Waals surface area contributed by atoms with Crippen LogP contribution < -0.4 is 10.6 Å². The number of nitrogens with zero attached hydrogens (tertiary/aromatic N) is 5. The summed E-state index contributed by atoms with van der Waals surface area (Å²) < 4.78 is 13.0. The molecule has 3 aromatic rings. The van der Waals surface area contributed by atoms with Crippen LogP contribution in [0.1, 0.15) is 103 Å². The molecular weight excluding hydrogens is 654 g/mol. The summed E-state index contributed by atoms with van der Waals surface area (Å²) in [6.45, 7) is 7.07. The molecule has 2 aliphatic carbocycles. The number of hydrogen-bond donors (Lipinski definition) is 2. The van der Waals surface area contributed by atoms with Crippen molar-refractivity contribution in [2.75, 3.05) is 18.5 Å². The van der Waals surface area contributed by atoms with Crippen LogP contribution in [0.15, 0.2) is 42.7 Å². The molecule has 2 saturated carbocycles. The van der Waals surface area contributed by atoms with Crippen LogP contribution in [0, 0.1) is 5.92 Å². The van der Waals surface area contributed by atoms with Crippen LogP contribution in [-0.2, 0) is 29.5 Å². The third-order valence-electron chi connectivity index (χ3n) is 9.36. The molecule has 2 aliphatic rings. The fraction of sp³-hybridized carbons (Fsp3) is 0.605. The highest BCUT2D eigenvalue weighted by Gasteiger charge is 2.31. The van der Waals surface area contributed by atoms with Gasteiger partial charge in [0, 0.05) is 43.5 Å². The van der Waals surface area contributed by atoms with Gasteiger partial charge in [-0.25, -0.2) is 19.6 Å². The van der Waals surface area contributed by atoms with Gasteiger partial charge in [-0.2, -0.15) is 5.10 Å². The number of benzene rings is 1. The normalized spacial score (nSPS) is 17.6. The first-order valence-electron chi connectivity index (χ1n) is 18.3. The highest BCUT2D eigenvalue weighted by atomic mass is 35.5. The lowest BCUT2D eigenvalue weighted by atomic mass is 9.90. The number of aryl methyl sites for hydroxylation is 1. The van der Waals surface area contributed by atoms with Gasteiger partial charge in [0.05, 0.1) is 29.7 Å². The van der Waals surface area contributed by atoms with E-state index >= 15 is 0 Å². The number of anilines is 1. The van der Waals surface area contributed by atoms with Gasteiger partial charge in [-0.1, -0.05) is 61.2 Å². The monoisotopic (exact) mass is 707 g/mol. The zero-order valence-corrected chi connectivity index (χ0v) is 30.9. The maximum absolute atomic E-state index is 13.5. The van der Waals surface area contributed by atoms with Gasteiger partial charge in [-0.15, -0.1) is 0 Å². The number of nitrogens with one attached hydrogen (secondary N) is 2. The fourth-order valence-corrected chi connectivity index (χ4v) is 6.66. The van der Waals surface area contributed by atoms with Crippen LogP contribution in [0.25, 0.3) is 11.3 Å². The van der Waals surface area contributed by atoms with Crippen molar-refractivity contribution < 1.29 is 19.1 Å². The van der Waals surface area contributed by atoms with E-state index in [1.165, 1.54) is 12.8 Å². The van der Waals surface area contributed by atoms with E-state index in [1.54, 1.807) is 6.20 Å². The molecule has 1 aromatic carbocycles. The van der Waals surface area contributed by atoms with Gasteiger partial charge in [-0.3, -0.25) is 4.68 Å². The second-order valence-corrected chi connectivity index (χ2v) is 15.1. The Balaban J connectivity index is 1.08. The number of unbranched alkanes of at least 4 members (excludes halogenated alkanes) is 4. The van der Waals surface area contributed by atoms with E-state index < -0.39 is 5.60 Å². The van der Waals surface area contributed by atoms with Gasteiger partial charge in [0.2, 0.25) is 5.95 Å². The Bertz CT molecular complexity index is 1530. The topological polar surface area (TPSA) is 124 Å². The zero-order valence-electron chi connectivity index (χ0n) is 30.1. The van der Waals surface area contributed by atoms with E-state index in [1.807, 2.05) is 61.8 Å². The maximum atomic E-state index is 13.5. The Labute approximate surface area is 301 Å². The molecule has 272 valence electrons. The van der Waals surface area contributed by atoms with Gasteiger partial charge < -0.3 is 25.0 Å². The summed E-state index contributed by atoms with van der Waals surface area (Å²) in [5.74, 6) is 1.28. The van der Waals surface area contributed by atoms with Gasteiger partial charge in [0.15, 0.2) is 0 Å². The van der Waals surface area contributed by atoms with E-state index in [2.05, 4.69) is 32.8 Å². The van der Waals surface area contributed by atoms with Crippen molar-refractivity contribution >= 4 is 29.7 Å². The molecule has 2 N–H and O–H groups in total. The van der Waals surface area contributed by atoms with Gasteiger partial charge in [-0.05, 0) is 90.0 Å². The quantitative estimate of drug-likeness (QED) is 0.143. The zero-order chi connectivity index (χ0) is 35.5. The summed E-state index contributed by atoms with van der Waals surface area (Å²) in [5, 5.41) is 11.4. The van der Waals surface area contributed by atoms with Crippen LogP contribution in [0.2, 0.25) is 5.02 Å². The minimum atomic E-state index is -0.492. The Morgan fingerprint density at radius 3 is 2.42 bits per heavy atom. The highest BCUT2D eigenvalue weighted by Crippen LogP contribution is 2.37. The molecule has 12 heteroatoms. The number of alkyl carbamates (subject to hydrolysis) is 1. The third-order valence-corrected chi connectivity index (χ3v) is 9.63. The van der Waals surface area contributed by atoms with E-state index in [0.717, 1.165) is 81.0 Å². The van der Waals surface area contributed by atoms with E-state index in [4.69, 9.17) is 26.1 Å². The summed E-state index contributed by atoms with van der Waals surface area (Å²) in [5.41, 5.74) is 3.45. The average Bonchev–Trinajstić information content (AvgIpc) is 3.84. The molecule has 0 radical (unpaired) electrons. The largest absolute Gasteiger partial charge is 0.449 e. The molecule has 2 aromatic heterocycles. The first-order valence-corrected chi connectivity index (χ1v) is 18.7. The molecule has 0 atom stereocenters. The molecule has 0 bridgehead atoms. The van der Waals surface area contributed by atoms with Crippen LogP contribution in [-0.4, -0.2) is 67.7 Å². The molecule has 2 fully saturated rings. The Kier molecular flexibility index (Phi) is 13.4. The number of carbonyl (C=O) groups is 2. The summed E-state index contributed by atoms with van der Waals surface area (Å²) in [4.78, 5) is 36.5. The molecule has 11 nitrogen and oxygen atoms in total. The van der Waals surface area contributed by atoms with Crippen molar-refractivity contribution in [2.24, 2.45) is 13.0 Å². The second kappa shape index (κ2) is 17.9. The molecule has 2 amide bonds. The van der Waals surface area contributed by atoms with Gasteiger partial charge in [0.1, 0.15) is 5.60 Å². The minimum absolute atomic E-state index is 0.0836. The fourth-order valence-electron chi connectivity index (χ4n) is 6.47. The molecule has 2 heterocycles. The number of amides is 2. The molecule has 0 saturated heterocycles. The lowest BCUT2D eigenvalue weighted by Crippen LogP contribution is -2.44. The van der Waals surface area contributed by atoms with E-state index in [0.29, 0.717) is 42.3 Å². The average molecular weight is 708 g/mol. The molecule has 0 spiro atoms. The number of aromatic nitrogens is 4. The predicted molar refractivity (Wildman–Crippen MR) is 196 cm³/mol. The third kappa shape index (κ3) is 11.6. The lowest BCUT2D eigenvalue weighted by Gasteiger charge is -2.36. The predicted octanol–water partition coefficient (Wildman–Crippen LogP) is 8.32. The highest BCUT2D eigenvalue weighted by molar-refractivity contribution is 6.33. The van der Waals surface area contributed by atoms with Gasteiger partial charge >= 0.3 is 12.2 Å². The maximum Gasteiger partial charge on any atom is 0.410 e. The van der Waals surface area contributed by atoms with Crippen molar-refractivity contribution in [3.63, 3.8) is 0 Å². The van der Waals surface area contributed by atoms with Crippen LogP contribution in [0.4, 0.5) is 15.5 Å². The summed E-state index contributed by atoms with van der Waals surface area (Å²) >= 11 is 6.61. The number of rotatable bonds is 16. The smallest absolute Gasteiger partial charge is 0.410 e. The molecule has 50 heavy (non-hydrogen) atoms. The van der Waals surface area contributed by atoms with Gasteiger partial charge in [0.25, 0.3) is 0 Å². The lowest BCUT2D eigenvalue weighted by molar-refractivity contribution is 0.0526.